The maximum atomic E-state index is 5.21. The smallest absolute Gasteiger partial charge is 0.266 e. The Hall–Kier alpha value is -1.23. The van der Waals surface area contributed by atoms with Crippen LogP contribution in [0.1, 0.15) is 5.89 Å². The number of hydrogen-bond donors (Lipinski definition) is 0. The van der Waals surface area contributed by atoms with Gasteiger partial charge in [0.05, 0.1) is 0 Å². The van der Waals surface area contributed by atoms with Gasteiger partial charge in [-0.15, -0.1) is 10.2 Å². The molecule has 4 nitrogen and oxygen atoms in total. The molecule has 0 unspecified atom stereocenters. The summed E-state index contributed by atoms with van der Waals surface area (Å²) in [6.45, 7) is 1.75. The second kappa shape index (κ2) is 3.26. The zero-order valence-corrected chi connectivity index (χ0v) is 8.45. The first-order chi connectivity index (χ1) is 6.25. The molecule has 0 aliphatic carbocycles. The van der Waals surface area contributed by atoms with Gasteiger partial charge in [0.25, 0.3) is 5.89 Å². The Morgan fingerprint density at radius 3 is 2.69 bits per heavy atom. The predicted molar refractivity (Wildman–Crippen MR) is 50.0 cm³/mol. The molecule has 0 aliphatic heterocycles. The molecule has 2 heterocycles. The Balaban J connectivity index is 2.41. The normalized spacial score (nSPS) is 10.3. The van der Waals surface area contributed by atoms with Gasteiger partial charge in [0.1, 0.15) is 5.69 Å². The summed E-state index contributed by atoms with van der Waals surface area (Å²) in [5.74, 6) is 0.990. The van der Waals surface area contributed by atoms with Gasteiger partial charge >= 0.3 is 0 Å². The lowest BCUT2D eigenvalue weighted by atomic mass is 10.3. The maximum absolute atomic E-state index is 5.21. The van der Waals surface area contributed by atoms with Crippen molar-refractivity contribution in [3.63, 3.8) is 0 Å². The Labute approximate surface area is 83.1 Å². The Morgan fingerprint density at radius 1 is 1.31 bits per heavy atom. The minimum Gasteiger partial charge on any atom is -0.420 e. The molecule has 2 aromatic heterocycles. The van der Waals surface area contributed by atoms with Crippen LogP contribution < -0.4 is 0 Å². The summed E-state index contributed by atoms with van der Waals surface area (Å²) in [7, 11) is 0. The molecule has 0 amide bonds. The maximum Gasteiger partial charge on any atom is 0.266 e. The molecule has 0 atom stereocenters. The summed E-state index contributed by atoms with van der Waals surface area (Å²) >= 11 is 3.29. The summed E-state index contributed by atoms with van der Waals surface area (Å²) in [5, 5.41) is 7.57. The van der Waals surface area contributed by atoms with Gasteiger partial charge in [0.15, 0.2) is 0 Å². The second-order valence-electron chi connectivity index (χ2n) is 2.49. The van der Waals surface area contributed by atoms with Gasteiger partial charge in [-0.25, -0.2) is 4.98 Å². The molecule has 0 aliphatic rings. The third-order valence-electron chi connectivity index (χ3n) is 1.47. The molecule has 2 aromatic rings. The van der Waals surface area contributed by atoms with Gasteiger partial charge in [-0.2, -0.15) is 0 Å². The monoisotopic (exact) mass is 239 g/mol. The van der Waals surface area contributed by atoms with Gasteiger partial charge < -0.3 is 4.42 Å². The highest BCUT2D eigenvalue weighted by molar-refractivity contribution is 9.10. The number of hydrogen-bond acceptors (Lipinski definition) is 4. The molecule has 0 saturated carbocycles. The predicted octanol–water partition coefficient (Wildman–Crippen LogP) is 2.20. The molecule has 5 heteroatoms. The largest absolute Gasteiger partial charge is 0.420 e. The van der Waals surface area contributed by atoms with Crippen LogP contribution in [0.5, 0.6) is 0 Å². The van der Waals surface area contributed by atoms with E-state index in [-0.39, 0.29) is 0 Å². The molecule has 0 aromatic carbocycles. The van der Waals surface area contributed by atoms with Crippen molar-refractivity contribution in [3.05, 3.63) is 28.7 Å². The molecule has 0 bridgehead atoms. The van der Waals surface area contributed by atoms with Gasteiger partial charge in [-0.3, -0.25) is 0 Å². The summed E-state index contributed by atoms with van der Waals surface area (Å²) in [4.78, 5) is 4.12. The summed E-state index contributed by atoms with van der Waals surface area (Å²) < 4.78 is 6.13. The molecule has 0 radical (unpaired) electrons. The van der Waals surface area contributed by atoms with E-state index >= 15 is 0 Å². The second-order valence-corrected chi connectivity index (χ2v) is 3.40. The lowest BCUT2D eigenvalue weighted by Crippen LogP contribution is -1.82. The van der Waals surface area contributed by atoms with Crippen molar-refractivity contribution in [2.24, 2.45) is 0 Å². The quantitative estimate of drug-likeness (QED) is 0.766. The Kier molecular flexibility index (Phi) is 2.10. The van der Waals surface area contributed by atoms with Crippen LogP contribution in [0, 0.1) is 6.92 Å². The SMILES string of the molecule is Cc1nnc(-c2ccc(Br)cn2)o1. The van der Waals surface area contributed by atoms with Crippen molar-refractivity contribution in [3.8, 4) is 11.6 Å². The fraction of sp³-hybridized carbons (Fsp3) is 0.125. The number of pyridine rings is 1. The van der Waals surface area contributed by atoms with E-state index in [1.54, 1.807) is 13.1 Å². The Bertz CT molecular complexity index is 410. The van der Waals surface area contributed by atoms with Crippen LogP contribution >= 0.6 is 15.9 Å². The van der Waals surface area contributed by atoms with E-state index in [0.717, 1.165) is 4.47 Å². The highest BCUT2D eigenvalue weighted by Gasteiger charge is 2.05. The topological polar surface area (TPSA) is 51.8 Å². The van der Waals surface area contributed by atoms with E-state index in [4.69, 9.17) is 4.42 Å². The van der Waals surface area contributed by atoms with Crippen LogP contribution in [0.25, 0.3) is 11.6 Å². The Morgan fingerprint density at radius 2 is 2.15 bits per heavy atom. The lowest BCUT2D eigenvalue weighted by molar-refractivity contribution is 0.531. The molecule has 0 spiro atoms. The van der Waals surface area contributed by atoms with Crippen LogP contribution in [-0.4, -0.2) is 15.2 Å². The van der Waals surface area contributed by atoms with E-state index < -0.39 is 0 Å². The zero-order chi connectivity index (χ0) is 9.26. The first kappa shape index (κ1) is 8.37. The third kappa shape index (κ3) is 1.75. The molecule has 0 N–H and O–H groups in total. The van der Waals surface area contributed by atoms with E-state index in [2.05, 4.69) is 31.1 Å². The minimum atomic E-state index is 0.449. The van der Waals surface area contributed by atoms with Crippen molar-refractivity contribution in [2.75, 3.05) is 0 Å². The fourth-order valence-electron chi connectivity index (χ4n) is 0.902. The van der Waals surface area contributed by atoms with Crippen molar-refractivity contribution in [1.82, 2.24) is 15.2 Å². The molecule has 2 rings (SSSR count). The van der Waals surface area contributed by atoms with Crippen LogP contribution in [0.15, 0.2) is 27.2 Å². The van der Waals surface area contributed by atoms with Gasteiger partial charge in [0, 0.05) is 17.6 Å². The molecular weight excluding hydrogens is 234 g/mol. The van der Waals surface area contributed by atoms with Crippen LogP contribution in [0.4, 0.5) is 0 Å². The molecule has 13 heavy (non-hydrogen) atoms. The number of aromatic nitrogens is 3. The van der Waals surface area contributed by atoms with Crippen molar-refractivity contribution < 1.29 is 4.42 Å². The first-order valence-corrected chi connectivity index (χ1v) is 4.47. The summed E-state index contributed by atoms with van der Waals surface area (Å²) in [6, 6.07) is 3.69. The first-order valence-electron chi connectivity index (χ1n) is 3.68. The fourth-order valence-corrected chi connectivity index (χ4v) is 1.14. The van der Waals surface area contributed by atoms with E-state index in [0.29, 0.717) is 17.5 Å². The molecular formula is C8H6BrN3O. The van der Waals surface area contributed by atoms with E-state index in [9.17, 15) is 0 Å². The van der Waals surface area contributed by atoms with Crippen LogP contribution in [-0.2, 0) is 0 Å². The number of rotatable bonds is 1. The highest BCUT2D eigenvalue weighted by atomic mass is 79.9. The van der Waals surface area contributed by atoms with E-state index in [1.807, 2.05) is 12.1 Å². The standard InChI is InChI=1S/C8H6BrN3O/c1-5-11-12-8(13-5)7-3-2-6(9)4-10-7/h2-4H,1H3. The molecule has 66 valence electrons. The molecule has 0 saturated heterocycles. The number of nitrogens with zero attached hydrogens (tertiary/aromatic N) is 3. The average molecular weight is 240 g/mol. The minimum absolute atomic E-state index is 0.449. The number of halogens is 1. The van der Waals surface area contributed by atoms with Crippen molar-refractivity contribution in [1.29, 1.82) is 0 Å². The number of aryl methyl sites for hydroxylation is 1. The van der Waals surface area contributed by atoms with Gasteiger partial charge in [-0.1, -0.05) is 0 Å². The van der Waals surface area contributed by atoms with Crippen molar-refractivity contribution >= 4 is 15.9 Å². The van der Waals surface area contributed by atoms with E-state index in [1.165, 1.54) is 0 Å². The van der Waals surface area contributed by atoms with Gasteiger partial charge in [-0.05, 0) is 28.1 Å². The van der Waals surface area contributed by atoms with Gasteiger partial charge in [0.2, 0.25) is 5.89 Å². The third-order valence-corrected chi connectivity index (χ3v) is 1.94. The highest BCUT2D eigenvalue weighted by Crippen LogP contribution is 2.16. The van der Waals surface area contributed by atoms with Crippen LogP contribution in [0.2, 0.25) is 0 Å². The summed E-state index contributed by atoms with van der Waals surface area (Å²) in [6.07, 6.45) is 1.69. The zero-order valence-electron chi connectivity index (χ0n) is 6.86. The van der Waals surface area contributed by atoms with Crippen LogP contribution in [0.3, 0.4) is 0 Å². The molecule has 0 fully saturated rings. The lowest BCUT2D eigenvalue weighted by Gasteiger charge is -1.92. The average Bonchev–Trinajstić information content (AvgIpc) is 2.53. The van der Waals surface area contributed by atoms with Crippen molar-refractivity contribution in [2.45, 2.75) is 6.92 Å². The summed E-state index contributed by atoms with van der Waals surface area (Å²) in [5.41, 5.74) is 0.684.